The summed E-state index contributed by atoms with van der Waals surface area (Å²) >= 11 is 18.1. The van der Waals surface area contributed by atoms with E-state index >= 15 is 0 Å². The number of hydrazine groups is 1. The molecule has 3 aromatic carbocycles. The van der Waals surface area contributed by atoms with E-state index in [1.807, 2.05) is 19.1 Å². The summed E-state index contributed by atoms with van der Waals surface area (Å²) in [5, 5.41) is 6.74. The number of amides is 4. The maximum Gasteiger partial charge on any atom is 0.338 e. The van der Waals surface area contributed by atoms with Crippen LogP contribution in [0, 0.1) is 6.92 Å². The number of esters is 1. The van der Waals surface area contributed by atoms with Crippen molar-refractivity contribution in [2.75, 3.05) is 17.2 Å². The number of nitrogens with one attached hydrogen (secondary N) is 3. The molecule has 1 heterocycles. The molecule has 1 fully saturated rings. The molecule has 1 saturated heterocycles. The standard InChI is InChI=1S/C27H20Cl2N4O5S2/c1-15-2-8-18(9-3-15)30-23(34)14-38-25(36)17-6-4-16(5-7-17)12-22-24(35)33(27(39)40-22)32-26(37)31-19-10-11-20(28)21(29)13-19/h2-13H,14H2,1H3,(H,30,34)(H2,31,32,37)/b22-12-. The number of carbonyl (C=O) groups excluding carboxylic acids is 4. The Morgan fingerprint density at radius 1 is 0.950 bits per heavy atom. The van der Waals surface area contributed by atoms with Crippen molar-refractivity contribution in [1.82, 2.24) is 10.4 Å². The Morgan fingerprint density at radius 3 is 2.30 bits per heavy atom. The Hall–Kier alpha value is -3.90. The van der Waals surface area contributed by atoms with Gasteiger partial charge in [-0.2, -0.15) is 5.01 Å². The SMILES string of the molecule is Cc1ccc(NC(=O)COC(=O)c2ccc(/C=C3\SC(=S)N(NC(=O)Nc4ccc(Cl)c(Cl)c4)C3=O)cc2)cc1. The van der Waals surface area contributed by atoms with Crippen LogP contribution in [0.1, 0.15) is 21.5 Å². The lowest BCUT2D eigenvalue weighted by Crippen LogP contribution is -2.46. The molecular weight excluding hydrogens is 595 g/mol. The molecule has 0 saturated carbocycles. The number of ether oxygens (including phenoxy) is 1. The molecule has 40 heavy (non-hydrogen) atoms. The zero-order valence-electron chi connectivity index (χ0n) is 20.7. The number of anilines is 2. The van der Waals surface area contributed by atoms with E-state index in [9.17, 15) is 19.2 Å². The number of halogens is 2. The molecule has 0 spiro atoms. The van der Waals surface area contributed by atoms with Gasteiger partial charge in [-0.15, -0.1) is 0 Å². The fourth-order valence-corrected chi connectivity index (χ4v) is 4.79. The zero-order valence-corrected chi connectivity index (χ0v) is 23.8. The first-order valence-corrected chi connectivity index (χ1v) is 13.5. The largest absolute Gasteiger partial charge is 0.452 e. The number of nitrogens with zero attached hydrogens (tertiary/aromatic N) is 1. The first-order chi connectivity index (χ1) is 19.1. The molecule has 9 nitrogen and oxygen atoms in total. The van der Waals surface area contributed by atoms with Crippen molar-refractivity contribution in [2.45, 2.75) is 6.92 Å². The third kappa shape index (κ3) is 7.60. The van der Waals surface area contributed by atoms with Gasteiger partial charge in [0.25, 0.3) is 11.8 Å². The number of carbonyl (C=O) groups is 4. The van der Waals surface area contributed by atoms with E-state index in [0.717, 1.165) is 22.3 Å². The summed E-state index contributed by atoms with van der Waals surface area (Å²) in [4.78, 5) is 49.9. The van der Waals surface area contributed by atoms with Crippen molar-refractivity contribution in [3.05, 3.63) is 98.4 Å². The number of hydrogen-bond acceptors (Lipinski definition) is 7. The second kappa shape index (κ2) is 13.0. The van der Waals surface area contributed by atoms with Gasteiger partial charge >= 0.3 is 12.0 Å². The van der Waals surface area contributed by atoms with Crippen molar-refractivity contribution in [1.29, 1.82) is 0 Å². The predicted molar refractivity (Wildman–Crippen MR) is 160 cm³/mol. The Morgan fingerprint density at radius 2 is 1.62 bits per heavy atom. The Labute approximate surface area is 248 Å². The van der Waals surface area contributed by atoms with Gasteiger partial charge in [-0.1, -0.05) is 64.8 Å². The third-order valence-electron chi connectivity index (χ3n) is 5.30. The third-order valence-corrected chi connectivity index (χ3v) is 7.34. The van der Waals surface area contributed by atoms with Gasteiger partial charge < -0.3 is 15.4 Å². The van der Waals surface area contributed by atoms with Crippen molar-refractivity contribution in [3.8, 4) is 0 Å². The summed E-state index contributed by atoms with van der Waals surface area (Å²) in [5.41, 5.74) is 5.27. The maximum absolute atomic E-state index is 12.8. The molecule has 1 aliphatic rings. The van der Waals surface area contributed by atoms with Crippen LogP contribution >= 0.6 is 47.2 Å². The van der Waals surface area contributed by atoms with Gasteiger partial charge in [0.2, 0.25) is 0 Å². The van der Waals surface area contributed by atoms with E-state index in [1.54, 1.807) is 36.4 Å². The van der Waals surface area contributed by atoms with Crippen LogP contribution in [0.2, 0.25) is 10.0 Å². The van der Waals surface area contributed by atoms with E-state index in [0.29, 0.717) is 22.0 Å². The molecule has 4 rings (SSSR count). The quantitative estimate of drug-likeness (QED) is 0.169. The number of thioether (sulfide) groups is 1. The van der Waals surface area contributed by atoms with E-state index in [-0.39, 0.29) is 19.8 Å². The van der Waals surface area contributed by atoms with Crippen LogP contribution in [0.4, 0.5) is 16.2 Å². The first kappa shape index (κ1) is 29.1. The van der Waals surface area contributed by atoms with Crippen LogP contribution < -0.4 is 16.1 Å². The number of thiocarbonyl (C=S) groups is 1. The summed E-state index contributed by atoms with van der Waals surface area (Å²) < 4.78 is 5.22. The normalized spacial score (nSPS) is 13.8. The van der Waals surface area contributed by atoms with Gasteiger partial charge in [0.15, 0.2) is 10.9 Å². The van der Waals surface area contributed by atoms with Crippen LogP contribution in [0.25, 0.3) is 6.08 Å². The van der Waals surface area contributed by atoms with E-state index in [2.05, 4.69) is 16.1 Å². The number of urea groups is 1. The predicted octanol–water partition coefficient (Wildman–Crippen LogP) is 6.04. The fraction of sp³-hybridized carbons (Fsp3) is 0.0741. The average molecular weight is 616 g/mol. The van der Waals surface area contributed by atoms with Crippen molar-refractivity contribution >= 4 is 92.8 Å². The molecule has 0 aliphatic carbocycles. The molecule has 0 unspecified atom stereocenters. The molecule has 3 aromatic rings. The molecule has 13 heteroatoms. The molecule has 1 aliphatic heterocycles. The lowest BCUT2D eigenvalue weighted by molar-refractivity contribution is -0.123. The summed E-state index contributed by atoms with van der Waals surface area (Å²) in [6.45, 7) is 1.49. The molecule has 3 N–H and O–H groups in total. The Balaban J connectivity index is 1.31. The minimum absolute atomic E-state index is 0.129. The number of hydrogen-bond donors (Lipinski definition) is 3. The highest BCUT2D eigenvalue weighted by atomic mass is 35.5. The van der Waals surface area contributed by atoms with E-state index < -0.39 is 30.4 Å². The van der Waals surface area contributed by atoms with Gasteiger partial charge in [-0.25, -0.2) is 15.0 Å². The summed E-state index contributed by atoms with van der Waals surface area (Å²) in [6, 6.07) is 17.3. The minimum atomic E-state index is -0.702. The lowest BCUT2D eigenvalue weighted by Gasteiger charge is -2.16. The summed E-state index contributed by atoms with van der Waals surface area (Å²) in [6.07, 6.45) is 1.57. The van der Waals surface area contributed by atoms with Crippen molar-refractivity contribution in [2.24, 2.45) is 0 Å². The minimum Gasteiger partial charge on any atom is -0.452 e. The van der Waals surface area contributed by atoms with Crippen LogP contribution in [-0.2, 0) is 14.3 Å². The van der Waals surface area contributed by atoms with Crippen LogP contribution in [0.15, 0.2) is 71.6 Å². The second-order valence-electron chi connectivity index (χ2n) is 8.32. The topological polar surface area (TPSA) is 117 Å². The van der Waals surface area contributed by atoms with Crippen LogP contribution in [0.3, 0.4) is 0 Å². The van der Waals surface area contributed by atoms with Crippen molar-refractivity contribution < 1.29 is 23.9 Å². The highest BCUT2D eigenvalue weighted by Gasteiger charge is 2.33. The molecular formula is C27H20Cl2N4O5S2. The molecule has 0 bridgehead atoms. The van der Waals surface area contributed by atoms with E-state index in [4.69, 9.17) is 40.2 Å². The highest BCUT2D eigenvalue weighted by Crippen LogP contribution is 2.31. The van der Waals surface area contributed by atoms with Crippen molar-refractivity contribution in [3.63, 3.8) is 0 Å². The zero-order chi connectivity index (χ0) is 28.8. The van der Waals surface area contributed by atoms with E-state index in [1.165, 1.54) is 24.3 Å². The van der Waals surface area contributed by atoms with Crippen LogP contribution in [-0.4, -0.2) is 39.8 Å². The highest BCUT2D eigenvalue weighted by molar-refractivity contribution is 8.26. The lowest BCUT2D eigenvalue weighted by atomic mass is 10.1. The maximum atomic E-state index is 12.8. The van der Waals surface area contributed by atoms with Gasteiger partial charge in [0.1, 0.15) is 0 Å². The average Bonchev–Trinajstić information content (AvgIpc) is 3.18. The number of aryl methyl sites for hydroxylation is 1. The Bertz CT molecular complexity index is 1530. The number of rotatable bonds is 7. The summed E-state index contributed by atoms with van der Waals surface area (Å²) in [5.74, 6) is -1.66. The van der Waals surface area contributed by atoms with Gasteiger partial charge in [0.05, 0.1) is 20.5 Å². The second-order valence-corrected chi connectivity index (χ2v) is 10.8. The smallest absolute Gasteiger partial charge is 0.338 e. The van der Waals surface area contributed by atoms with Crippen LogP contribution in [0.5, 0.6) is 0 Å². The monoisotopic (exact) mass is 614 g/mol. The summed E-state index contributed by atoms with van der Waals surface area (Å²) in [7, 11) is 0. The molecule has 204 valence electrons. The fourth-order valence-electron chi connectivity index (χ4n) is 3.31. The Kier molecular flexibility index (Phi) is 9.43. The first-order valence-electron chi connectivity index (χ1n) is 11.5. The molecule has 0 aromatic heterocycles. The molecule has 0 radical (unpaired) electrons. The molecule has 0 atom stereocenters. The van der Waals surface area contributed by atoms with Gasteiger partial charge in [-0.3, -0.25) is 9.59 Å². The van der Waals surface area contributed by atoms with Gasteiger partial charge in [0, 0.05) is 11.4 Å². The number of benzene rings is 3. The molecule has 4 amide bonds. The van der Waals surface area contributed by atoms with Gasteiger partial charge in [-0.05, 0) is 73.2 Å².